The van der Waals surface area contributed by atoms with E-state index in [9.17, 15) is 0 Å². The van der Waals surface area contributed by atoms with Crippen LogP contribution in [0.4, 0.5) is 0 Å². The molecule has 0 saturated carbocycles. The topological polar surface area (TPSA) is 29.9 Å². The Kier molecular flexibility index (Phi) is 2.69. The minimum atomic E-state index is 0.916. The standard InChI is InChI=1S/C14H17N3/c1-2-17-14(7-9-16-17)12-5-3-4-11-6-8-15-10-13(11)12/h3-5,7,9,15H,2,6,8,10H2,1H3. The second-order valence-electron chi connectivity index (χ2n) is 4.40. The maximum atomic E-state index is 4.36. The third-order valence-electron chi connectivity index (χ3n) is 3.44. The first-order chi connectivity index (χ1) is 8.40. The van der Waals surface area contributed by atoms with Gasteiger partial charge in [-0.15, -0.1) is 0 Å². The lowest BCUT2D eigenvalue weighted by Gasteiger charge is -2.20. The van der Waals surface area contributed by atoms with E-state index >= 15 is 0 Å². The molecule has 0 unspecified atom stereocenters. The molecule has 0 spiro atoms. The summed E-state index contributed by atoms with van der Waals surface area (Å²) in [5.41, 5.74) is 5.47. The largest absolute Gasteiger partial charge is 0.312 e. The molecule has 3 heteroatoms. The molecule has 3 nitrogen and oxygen atoms in total. The van der Waals surface area contributed by atoms with Crippen molar-refractivity contribution in [3.63, 3.8) is 0 Å². The van der Waals surface area contributed by atoms with E-state index in [4.69, 9.17) is 0 Å². The lowest BCUT2D eigenvalue weighted by Crippen LogP contribution is -2.24. The first-order valence-electron chi connectivity index (χ1n) is 6.24. The van der Waals surface area contributed by atoms with Gasteiger partial charge in [0, 0.05) is 24.8 Å². The summed E-state index contributed by atoms with van der Waals surface area (Å²) in [6.07, 6.45) is 3.01. The minimum Gasteiger partial charge on any atom is -0.312 e. The molecule has 0 atom stereocenters. The second-order valence-corrected chi connectivity index (χ2v) is 4.40. The highest BCUT2D eigenvalue weighted by Crippen LogP contribution is 2.27. The summed E-state index contributed by atoms with van der Waals surface area (Å²) in [4.78, 5) is 0. The fraction of sp³-hybridized carbons (Fsp3) is 0.357. The number of aromatic nitrogens is 2. The highest BCUT2D eigenvalue weighted by Gasteiger charge is 2.15. The summed E-state index contributed by atoms with van der Waals surface area (Å²) >= 11 is 0. The predicted molar refractivity (Wildman–Crippen MR) is 68.7 cm³/mol. The maximum Gasteiger partial charge on any atom is 0.0685 e. The number of nitrogens with one attached hydrogen (secondary N) is 1. The van der Waals surface area contributed by atoms with Crippen LogP contribution in [0.3, 0.4) is 0 Å². The van der Waals surface area contributed by atoms with E-state index in [0.717, 1.165) is 26.1 Å². The number of hydrogen-bond acceptors (Lipinski definition) is 2. The van der Waals surface area contributed by atoms with Crippen LogP contribution in [-0.4, -0.2) is 16.3 Å². The number of nitrogens with zero attached hydrogens (tertiary/aromatic N) is 2. The molecule has 0 bridgehead atoms. The number of fused-ring (bicyclic) bond motifs is 1. The van der Waals surface area contributed by atoms with Crippen LogP contribution < -0.4 is 5.32 Å². The molecular weight excluding hydrogens is 210 g/mol. The quantitative estimate of drug-likeness (QED) is 0.852. The zero-order valence-corrected chi connectivity index (χ0v) is 10.1. The zero-order valence-electron chi connectivity index (χ0n) is 10.1. The lowest BCUT2D eigenvalue weighted by molar-refractivity contribution is 0.639. The van der Waals surface area contributed by atoms with Gasteiger partial charge in [-0.2, -0.15) is 5.10 Å². The van der Waals surface area contributed by atoms with Crippen LogP contribution >= 0.6 is 0 Å². The molecule has 0 saturated heterocycles. The zero-order chi connectivity index (χ0) is 11.7. The highest BCUT2D eigenvalue weighted by molar-refractivity contribution is 5.66. The number of hydrogen-bond donors (Lipinski definition) is 1. The molecule has 3 rings (SSSR count). The lowest BCUT2D eigenvalue weighted by atomic mass is 9.94. The van der Waals surface area contributed by atoms with Crippen LogP contribution in [0.2, 0.25) is 0 Å². The fourth-order valence-corrected chi connectivity index (χ4v) is 2.57. The van der Waals surface area contributed by atoms with E-state index in [1.165, 1.54) is 22.4 Å². The summed E-state index contributed by atoms with van der Waals surface area (Å²) in [5, 5.41) is 7.81. The molecule has 1 N–H and O–H groups in total. The van der Waals surface area contributed by atoms with Gasteiger partial charge in [-0.1, -0.05) is 18.2 Å². The fourth-order valence-electron chi connectivity index (χ4n) is 2.57. The molecule has 0 aliphatic carbocycles. The summed E-state index contributed by atoms with van der Waals surface area (Å²) in [6.45, 7) is 5.10. The first kappa shape index (κ1) is 10.5. The molecule has 0 fully saturated rings. The normalized spacial score (nSPS) is 14.6. The van der Waals surface area contributed by atoms with Crippen molar-refractivity contribution in [1.29, 1.82) is 0 Å². The summed E-state index contributed by atoms with van der Waals surface area (Å²) in [5.74, 6) is 0. The Morgan fingerprint density at radius 1 is 1.35 bits per heavy atom. The second kappa shape index (κ2) is 4.34. The van der Waals surface area contributed by atoms with Crippen molar-refractivity contribution in [1.82, 2.24) is 15.1 Å². The van der Waals surface area contributed by atoms with Gasteiger partial charge in [-0.3, -0.25) is 4.68 Å². The van der Waals surface area contributed by atoms with Crippen LogP contribution in [0, 0.1) is 0 Å². The van der Waals surface area contributed by atoms with Gasteiger partial charge in [-0.05, 0) is 37.1 Å². The Balaban J connectivity index is 2.14. The molecule has 1 aliphatic heterocycles. The molecule has 1 aromatic heterocycles. The summed E-state index contributed by atoms with van der Waals surface area (Å²) in [6, 6.07) is 8.71. The number of rotatable bonds is 2. The molecule has 0 amide bonds. The minimum absolute atomic E-state index is 0.916. The van der Waals surface area contributed by atoms with Gasteiger partial charge in [0.15, 0.2) is 0 Å². The Hall–Kier alpha value is -1.61. The molecule has 17 heavy (non-hydrogen) atoms. The van der Waals surface area contributed by atoms with E-state index < -0.39 is 0 Å². The Morgan fingerprint density at radius 3 is 3.18 bits per heavy atom. The number of benzene rings is 1. The van der Waals surface area contributed by atoms with E-state index in [1.807, 2.05) is 6.20 Å². The predicted octanol–water partition coefficient (Wildman–Crippen LogP) is 2.22. The van der Waals surface area contributed by atoms with Gasteiger partial charge in [0.1, 0.15) is 0 Å². The smallest absolute Gasteiger partial charge is 0.0685 e. The van der Waals surface area contributed by atoms with E-state index in [1.54, 1.807) is 0 Å². The van der Waals surface area contributed by atoms with E-state index in [0.29, 0.717) is 0 Å². The van der Waals surface area contributed by atoms with Gasteiger partial charge in [0.25, 0.3) is 0 Å². The summed E-state index contributed by atoms with van der Waals surface area (Å²) in [7, 11) is 0. The first-order valence-corrected chi connectivity index (χ1v) is 6.24. The summed E-state index contributed by atoms with van der Waals surface area (Å²) < 4.78 is 2.06. The van der Waals surface area contributed by atoms with Crippen LogP contribution in [0.25, 0.3) is 11.3 Å². The highest BCUT2D eigenvalue weighted by atomic mass is 15.3. The van der Waals surface area contributed by atoms with Gasteiger partial charge in [0.2, 0.25) is 0 Å². The van der Waals surface area contributed by atoms with Gasteiger partial charge >= 0.3 is 0 Å². The molecule has 1 aromatic carbocycles. The SMILES string of the molecule is CCn1nccc1-c1cccc2c1CNCC2. The molecular formula is C14H17N3. The average molecular weight is 227 g/mol. The van der Waals surface area contributed by atoms with Crippen molar-refractivity contribution in [2.75, 3.05) is 6.54 Å². The van der Waals surface area contributed by atoms with Crippen molar-refractivity contribution in [2.24, 2.45) is 0 Å². The van der Waals surface area contributed by atoms with Crippen molar-refractivity contribution in [3.8, 4) is 11.3 Å². The van der Waals surface area contributed by atoms with E-state index in [2.05, 4.69) is 46.3 Å². The molecule has 2 heterocycles. The molecule has 0 radical (unpaired) electrons. The number of aryl methyl sites for hydroxylation is 1. The van der Waals surface area contributed by atoms with Crippen LogP contribution in [-0.2, 0) is 19.5 Å². The maximum absolute atomic E-state index is 4.36. The van der Waals surface area contributed by atoms with Crippen molar-refractivity contribution < 1.29 is 0 Å². The van der Waals surface area contributed by atoms with Crippen LogP contribution in [0.15, 0.2) is 30.5 Å². The Labute approximate surface area is 101 Å². The van der Waals surface area contributed by atoms with Crippen molar-refractivity contribution in [3.05, 3.63) is 41.6 Å². The molecule has 88 valence electrons. The van der Waals surface area contributed by atoms with Gasteiger partial charge in [0.05, 0.1) is 5.69 Å². The van der Waals surface area contributed by atoms with E-state index in [-0.39, 0.29) is 0 Å². The van der Waals surface area contributed by atoms with Gasteiger partial charge in [-0.25, -0.2) is 0 Å². The average Bonchev–Trinajstić information content (AvgIpc) is 2.86. The van der Waals surface area contributed by atoms with Gasteiger partial charge < -0.3 is 5.32 Å². The monoisotopic (exact) mass is 227 g/mol. The van der Waals surface area contributed by atoms with Crippen LogP contribution in [0.5, 0.6) is 0 Å². The Morgan fingerprint density at radius 2 is 2.29 bits per heavy atom. The third kappa shape index (κ3) is 1.76. The van der Waals surface area contributed by atoms with Crippen molar-refractivity contribution >= 4 is 0 Å². The Bertz CT molecular complexity index is 528. The molecule has 1 aliphatic rings. The van der Waals surface area contributed by atoms with Crippen molar-refractivity contribution in [2.45, 2.75) is 26.4 Å². The molecule has 2 aromatic rings. The third-order valence-corrected chi connectivity index (χ3v) is 3.44. The van der Waals surface area contributed by atoms with Crippen LogP contribution in [0.1, 0.15) is 18.1 Å².